The largest absolute Gasteiger partial charge is 0.381 e. The van der Waals surface area contributed by atoms with Gasteiger partial charge in [0.15, 0.2) is 5.96 Å². The number of ether oxygens (including phenoxy) is 1. The lowest BCUT2D eigenvalue weighted by atomic mass is 9.88. The van der Waals surface area contributed by atoms with Crippen molar-refractivity contribution in [1.29, 1.82) is 0 Å². The SMILES string of the molecule is CCNC(=NCC1(N2CCCC2)CCOCC1)NCCSc1ccccc1. The van der Waals surface area contributed by atoms with Crippen LogP contribution in [-0.4, -0.2) is 68.1 Å². The van der Waals surface area contributed by atoms with Gasteiger partial charge in [-0.05, 0) is 57.8 Å². The summed E-state index contributed by atoms with van der Waals surface area (Å²) in [4.78, 5) is 8.98. The minimum absolute atomic E-state index is 0.190. The van der Waals surface area contributed by atoms with Crippen LogP contribution in [0.5, 0.6) is 0 Å². The fourth-order valence-electron chi connectivity index (χ4n) is 3.94. The Labute approximate surface area is 168 Å². The zero-order chi connectivity index (χ0) is 18.8. The molecule has 0 bridgehead atoms. The van der Waals surface area contributed by atoms with Gasteiger partial charge < -0.3 is 15.4 Å². The maximum atomic E-state index is 5.65. The number of thioether (sulfide) groups is 1. The average molecular weight is 391 g/mol. The molecule has 2 aliphatic heterocycles. The normalized spacial score (nSPS) is 20.6. The van der Waals surface area contributed by atoms with E-state index in [9.17, 15) is 0 Å². The third-order valence-corrected chi connectivity index (χ3v) is 6.50. The van der Waals surface area contributed by atoms with E-state index < -0.39 is 0 Å². The molecule has 27 heavy (non-hydrogen) atoms. The number of likely N-dealkylation sites (tertiary alicyclic amines) is 1. The van der Waals surface area contributed by atoms with Crippen LogP contribution < -0.4 is 10.6 Å². The summed E-state index contributed by atoms with van der Waals surface area (Å²) < 4.78 is 5.65. The first kappa shape index (κ1) is 20.5. The molecule has 2 heterocycles. The van der Waals surface area contributed by atoms with Crippen LogP contribution in [0.1, 0.15) is 32.6 Å². The number of rotatable bonds is 8. The van der Waals surface area contributed by atoms with Crippen LogP contribution in [0, 0.1) is 0 Å². The summed E-state index contributed by atoms with van der Waals surface area (Å²) in [5.74, 6) is 1.97. The highest BCUT2D eigenvalue weighted by atomic mass is 32.2. The van der Waals surface area contributed by atoms with Crippen LogP contribution in [0.15, 0.2) is 40.2 Å². The van der Waals surface area contributed by atoms with E-state index in [1.165, 1.54) is 30.8 Å². The lowest BCUT2D eigenvalue weighted by Crippen LogP contribution is -2.54. The highest BCUT2D eigenvalue weighted by Gasteiger charge is 2.39. The molecular formula is C21H34N4OS. The first-order valence-electron chi connectivity index (χ1n) is 10.4. The average Bonchev–Trinajstić information content (AvgIpc) is 3.26. The Balaban J connectivity index is 1.53. The molecule has 0 unspecified atom stereocenters. The number of nitrogens with one attached hydrogen (secondary N) is 2. The van der Waals surface area contributed by atoms with Crippen LogP contribution in [-0.2, 0) is 4.74 Å². The summed E-state index contributed by atoms with van der Waals surface area (Å²) >= 11 is 1.88. The van der Waals surface area contributed by atoms with Crippen LogP contribution in [0.25, 0.3) is 0 Å². The number of hydrogen-bond donors (Lipinski definition) is 2. The van der Waals surface area contributed by atoms with E-state index in [4.69, 9.17) is 9.73 Å². The quantitative estimate of drug-likeness (QED) is 0.309. The van der Waals surface area contributed by atoms with Gasteiger partial charge in [-0.2, -0.15) is 0 Å². The van der Waals surface area contributed by atoms with Crippen molar-refractivity contribution in [2.75, 3.05) is 51.7 Å². The summed E-state index contributed by atoms with van der Waals surface area (Å²) in [6.07, 6.45) is 4.84. The topological polar surface area (TPSA) is 48.9 Å². The number of hydrogen-bond acceptors (Lipinski definition) is 4. The van der Waals surface area contributed by atoms with Gasteiger partial charge in [0.25, 0.3) is 0 Å². The van der Waals surface area contributed by atoms with Gasteiger partial charge in [-0.3, -0.25) is 9.89 Å². The van der Waals surface area contributed by atoms with Gasteiger partial charge in [0.2, 0.25) is 0 Å². The van der Waals surface area contributed by atoms with Crippen LogP contribution in [0.2, 0.25) is 0 Å². The van der Waals surface area contributed by atoms with E-state index in [1.807, 2.05) is 11.8 Å². The number of benzene rings is 1. The van der Waals surface area contributed by atoms with E-state index in [-0.39, 0.29) is 5.54 Å². The molecule has 1 aromatic carbocycles. The van der Waals surface area contributed by atoms with E-state index in [0.717, 1.165) is 57.4 Å². The zero-order valence-corrected chi connectivity index (χ0v) is 17.4. The Hall–Kier alpha value is -1.24. The molecule has 2 aliphatic rings. The standard InChI is InChI=1S/C21H34N4OS/c1-2-22-20(23-12-17-27-19-8-4-3-5-9-19)24-18-21(10-15-26-16-11-21)25-13-6-7-14-25/h3-5,8-9H,2,6-7,10-18H2,1H3,(H2,22,23,24). The van der Waals surface area contributed by atoms with E-state index in [1.54, 1.807) is 0 Å². The molecule has 5 nitrogen and oxygen atoms in total. The molecule has 0 atom stereocenters. The highest BCUT2D eigenvalue weighted by Crippen LogP contribution is 2.31. The third kappa shape index (κ3) is 6.13. The molecule has 0 saturated carbocycles. The molecule has 0 radical (unpaired) electrons. The van der Waals surface area contributed by atoms with Crippen molar-refractivity contribution in [3.8, 4) is 0 Å². The molecule has 6 heteroatoms. The summed E-state index contributed by atoms with van der Waals surface area (Å²) in [6.45, 7) is 8.94. The molecule has 2 N–H and O–H groups in total. The maximum Gasteiger partial charge on any atom is 0.191 e. The van der Waals surface area contributed by atoms with Crippen molar-refractivity contribution < 1.29 is 4.74 Å². The smallest absolute Gasteiger partial charge is 0.191 e. The molecule has 150 valence electrons. The number of aliphatic imine (C=N–C) groups is 1. The van der Waals surface area contributed by atoms with Crippen molar-refractivity contribution >= 4 is 17.7 Å². The second-order valence-electron chi connectivity index (χ2n) is 7.31. The second-order valence-corrected chi connectivity index (χ2v) is 8.48. The van der Waals surface area contributed by atoms with Crippen molar-refractivity contribution in [1.82, 2.24) is 15.5 Å². The molecule has 0 amide bonds. The van der Waals surface area contributed by atoms with Crippen molar-refractivity contribution in [3.05, 3.63) is 30.3 Å². The Kier molecular flexibility index (Phi) is 8.30. The first-order chi connectivity index (χ1) is 13.3. The summed E-state index contributed by atoms with van der Waals surface area (Å²) in [7, 11) is 0. The monoisotopic (exact) mass is 390 g/mol. The van der Waals surface area contributed by atoms with Gasteiger partial charge in [-0.25, -0.2) is 0 Å². The van der Waals surface area contributed by atoms with Crippen molar-refractivity contribution in [2.45, 2.75) is 43.0 Å². The minimum Gasteiger partial charge on any atom is -0.381 e. The van der Waals surface area contributed by atoms with Gasteiger partial charge in [0.1, 0.15) is 0 Å². The highest BCUT2D eigenvalue weighted by molar-refractivity contribution is 7.99. The molecule has 1 aromatic rings. The molecule has 0 aromatic heterocycles. The summed E-state index contributed by atoms with van der Waals surface area (Å²) in [6, 6.07) is 10.6. The number of nitrogens with zero attached hydrogens (tertiary/aromatic N) is 2. The minimum atomic E-state index is 0.190. The maximum absolute atomic E-state index is 5.65. The van der Waals surface area contributed by atoms with Crippen molar-refractivity contribution in [3.63, 3.8) is 0 Å². The predicted octanol–water partition coefficient (Wildman–Crippen LogP) is 2.98. The predicted molar refractivity (Wildman–Crippen MR) is 115 cm³/mol. The Morgan fingerprint density at radius 2 is 1.89 bits per heavy atom. The van der Waals surface area contributed by atoms with Gasteiger partial charge >= 0.3 is 0 Å². The van der Waals surface area contributed by atoms with E-state index in [2.05, 4.69) is 52.8 Å². The molecule has 3 rings (SSSR count). The molecular weight excluding hydrogens is 356 g/mol. The van der Waals surface area contributed by atoms with Crippen LogP contribution in [0.3, 0.4) is 0 Å². The summed E-state index contributed by atoms with van der Waals surface area (Å²) in [5, 5.41) is 6.92. The molecule has 2 fully saturated rings. The van der Waals surface area contributed by atoms with E-state index >= 15 is 0 Å². The van der Waals surface area contributed by atoms with Gasteiger partial charge in [-0.15, -0.1) is 11.8 Å². The van der Waals surface area contributed by atoms with E-state index in [0.29, 0.717) is 0 Å². The first-order valence-corrected chi connectivity index (χ1v) is 11.3. The zero-order valence-electron chi connectivity index (χ0n) is 16.6. The van der Waals surface area contributed by atoms with Gasteiger partial charge in [-0.1, -0.05) is 18.2 Å². The Bertz CT molecular complexity index is 569. The Morgan fingerprint density at radius 1 is 1.15 bits per heavy atom. The lowest BCUT2D eigenvalue weighted by Gasteiger charge is -2.43. The van der Waals surface area contributed by atoms with Gasteiger partial charge in [0, 0.05) is 42.5 Å². The fraction of sp³-hybridized carbons (Fsp3) is 0.667. The lowest BCUT2D eigenvalue weighted by molar-refractivity contribution is -0.0139. The van der Waals surface area contributed by atoms with Crippen molar-refractivity contribution in [2.24, 2.45) is 4.99 Å². The second kappa shape index (κ2) is 10.9. The van der Waals surface area contributed by atoms with Crippen LogP contribution >= 0.6 is 11.8 Å². The third-order valence-electron chi connectivity index (χ3n) is 5.48. The van der Waals surface area contributed by atoms with Gasteiger partial charge in [0.05, 0.1) is 6.54 Å². The molecule has 0 aliphatic carbocycles. The molecule has 0 spiro atoms. The number of guanidine groups is 1. The summed E-state index contributed by atoms with van der Waals surface area (Å²) in [5.41, 5.74) is 0.190. The van der Waals surface area contributed by atoms with Crippen LogP contribution in [0.4, 0.5) is 0 Å². The Morgan fingerprint density at radius 3 is 2.59 bits per heavy atom. The molecule has 2 saturated heterocycles. The fourth-order valence-corrected chi connectivity index (χ4v) is 4.73.